The molecule has 4 rings (SSSR count). The van der Waals surface area contributed by atoms with Crippen molar-refractivity contribution in [1.82, 2.24) is 30.5 Å². The van der Waals surface area contributed by atoms with Gasteiger partial charge >= 0.3 is 0 Å². The monoisotopic (exact) mass is 332 g/mol. The number of pyridine rings is 1. The molecule has 1 amide bonds. The van der Waals surface area contributed by atoms with E-state index in [4.69, 9.17) is 0 Å². The molecule has 0 aliphatic heterocycles. The number of fused-ring (bicyclic) bond motifs is 1. The van der Waals surface area contributed by atoms with Crippen LogP contribution in [0.1, 0.15) is 29.3 Å². The van der Waals surface area contributed by atoms with E-state index in [0.717, 1.165) is 16.6 Å². The van der Waals surface area contributed by atoms with Crippen LogP contribution in [0, 0.1) is 0 Å². The molecule has 1 atom stereocenters. The Hall–Kier alpha value is -3.48. The maximum Gasteiger partial charge on any atom is 0.269 e. The van der Waals surface area contributed by atoms with Gasteiger partial charge in [0, 0.05) is 18.0 Å². The van der Waals surface area contributed by atoms with E-state index in [1.807, 2.05) is 43.3 Å². The summed E-state index contributed by atoms with van der Waals surface area (Å²) in [6.45, 7) is 1.88. The largest absolute Gasteiger partial charge is 0.341 e. The van der Waals surface area contributed by atoms with E-state index in [1.54, 1.807) is 18.5 Å². The molecule has 1 aromatic carbocycles. The zero-order valence-electron chi connectivity index (χ0n) is 13.5. The van der Waals surface area contributed by atoms with Crippen LogP contribution in [0.3, 0.4) is 0 Å². The number of nitrogens with zero attached hydrogens (tertiary/aromatic N) is 3. The molecule has 1 unspecified atom stereocenters. The highest BCUT2D eigenvalue weighted by atomic mass is 16.2. The second-order valence-electron chi connectivity index (χ2n) is 5.74. The predicted octanol–water partition coefficient (Wildman–Crippen LogP) is 2.84. The summed E-state index contributed by atoms with van der Waals surface area (Å²) in [6, 6.07) is 12.9. The van der Waals surface area contributed by atoms with Crippen LogP contribution >= 0.6 is 0 Å². The second kappa shape index (κ2) is 6.20. The summed E-state index contributed by atoms with van der Waals surface area (Å²) in [5.41, 5.74) is 3.73. The van der Waals surface area contributed by atoms with E-state index >= 15 is 0 Å². The van der Waals surface area contributed by atoms with Crippen molar-refractivity contribution in [2.75, 3.05) is 0 Å². The molecule has 0 spiro atoms. The molecule has 3 N–H and O–H groups in total. The molecule has 3 heterocycles. The predicted molar refractivity (Wildman–Crippen MR) is 93.8 cm³/mol. The second-order valence-corrected chi connectivity index (χ2v) is 5.74. The van der Waals surface area contributed by atoms with Gasteiger partial charge in [0.25, 0.3) is 5.91 Å². The molecule has 0 saturated carbocycles. The number of imidazole rings is 1. The lowest BCUT2D eigenvalue weighted by Gasteiger charge is -2.10. The number of rotatable bonds is 4. The Morgan fingerprint density at radius 1 is 1.20 bits per heavy atom. The van der Waals surface area contributed by atoms with E-state index < -0.39 is 0 Å². The number of benzene rings is 1. The fraction of sp³-hybridized carbons (Fsp3) is 0.111. The Bertz CT molecular complexity index is 987. The lowest BCUT2D eigenvalue weighted by molar-refractivity contribution is 0.0933. The Morgan fingerprint density at radius 3 is 2.88 bits per heavy atom. The number of aromatic nitrogens is 5. The number of hydrogen-bond acceptors (Lipinski definition) is 4. The van der Waals surface area contributed by atoms with Crippen LogP contribution in [0.15, 0.2) is 54.9 Å². The summed E-state index contributed by atoms with van der Waals surface area (Å²) in [6.07, 6.45) is 3.40. The van der Waals surface area contributed by atoms with Crippen LogP contribution in [-0.4, -0.2) is 31.1 Å². The minimum Gasteiger partial charge on any atom is -0.341 e. The first-order valence-corrected chi connectivity index (χ1v) is 7.92. The highest BCUT2D eigenvalue weighted by Gasteiger charge is 2.17. The zero-order valence-corrected chi connectivity index (χ0v) is 13.5. The molecule has 0 radical (unpaired) electrons. The first-order valence-electron chi connectivity index (χ1n) is 7.92. The lowest BCUT2D eigenvalue weighted by atomic mass is 10.2. The molecule has 7 nitrogen and oxygen atoms in total. The molecule has 124 valence electrons. The average molecular weight is 332 g/mol. The van der Waals surface area contributed by atoms with Gasteiger partial charge in [-0.1, -0.05) is 12.1 Å². The van der Waals surface area contributed by atoms with E-state index in [0.29, 0.717) is 17.2 Å². The lowest BCUT2D eigenvalue weighted by Crippen LogP contribution is -2.27. The quantitative estimate of drug-likeness (QED) is 0.535. The molecular weight excluding hydrogens is 316 g/mol. The number of H-pyrrole nitrogens is 2. The Labute approximate surface area is 143 Å². The summed E-state index contributed by atoms with van der Waals surface area (Å²) < 4.78 is 0. The van der Waals surface area contributed by atoms with Crippen LogP contribution in [0.2, 0.25) is 0 Å². The fourth-order valence-corrected chi connectivity index (χ4v) is 2.62. The third-order valence-corrected chi connectivity index (χ3v) is 3.95. The minimum atomic E-state index is -0.259. The number of aromatic amines is 2. The van der Waals surface area contributed by atoms with Gasteiger partial charge in [-0.15, -0.1) is 0 Å². The number of carbonyl (C=O) groups excluding carboxylic acids is 1. The van der Waals surface area contributed by atoms with Crippen LogP contribution in [0.4, 0.5) is 0 Å². The van der Waals surface area contributed by atoms with Gasteiger partial charge in [-0.25, -0.2) is 4.98 Å². The van der Waals surface area contributed by atoms with Gasteiger partial charge in [-0.2, -0.15) is 5.10 Å². The molecule has 25 heavy (non-hydrogen) atoms. The van der Waals surface area contributed by atoms with Gasteiger partial charge in [0.2, 0.25) is 0 Å². The molecule has 0 aliphatic carbocycles. The zero-order chi connectivity index (χ0) is 17.2. The van der Waals surface area contributed by atoms with Gasteiger partial charge in [-0.05, 0) is 37.3 Å². The summed E-state index contributed by atoms with van der Waals surface area (Å²) in [5.74, 6) is 0.470. The van der Waals surface area contributed by atoms with Gasteiger partial charge in [0.05, 0.1) is 22.8 Å². The number of carbonyl (C=O) groups is 1. The number of amides is 1. The first-order chi connectivity index (χ1) is 12.2. The average Bonchev–Trinajstić information content (AvgIpc) is 3.29. The van der Waals surface area contributed by atoms with Crippen molar-refractivity contribution in [3.63, 3.8) is 0 Å². The summed E-state index contributed by atoms with van der Waals surface area (Å²) in [4.78, 5) is 24.2. The highest BCUT2D eigenvalue weighted by Crippen LogP contribution is 2.18. The number of nitrogens with one attached hydrogen (secondary N) is 3. The molecular formula is C18H16N6O. The molecule has 4 aromatic rings. The van der Waals surface area contributed by atoms with Gasteiger partial charge in [0.1, 0.15) is 11.5 Å². The molecule has 7 heteroatoms. The number of hydrogen-bond donors (Lipinski definition) is 3. The minimum absolute atomic E-state index is 0.240. The summed E-state index contributed by atoms with van der Waals surface area (Å²) in [5, 5.41) is 9.86. The number of para-hydroxylation sites is 2. The van der Waals surface area contributed by atoms with Crippen LogP contribution in [0.25, 0.3) is 22.3 Å². The topological polar surface area (TPSA) is 99.3 Å². The molecule has 0 aliphatic rings. The van der Waals surface area contributed by atoms with Crippen molar-refractivity contribution >= 4 is 16.9 Å². The smallest absolute Gasteiger partial charge is 0.269 e. The van der Waals surface area contributed by atoms with Crippen molar-refractivity contribution in [2.24, 2.45) is 0 Å². The van der Waals surface area contributed by atoms with Crippen molar-refractivity contribution in [3.8, 4) is 11.3 Å². The highest BCUT2D eigenvalue weighted by molar-refractivity contribution is 5.93. The fourth-order valence-electron chi connectivity index (χ4n) is 2.62. The Kier molecular flexibility index (Phi) is 3.74. The Balaban J connectivity index is 1.51. The Morgan fingerprint density at radius 2 is 2.08 bits per heavy atom. The van der Waals surface area contributed by atoms with Crippen LogP contribution in [0.5, 0.6) is 0 Å². The van der Waals surface area contributed by atoms with Crippen LogP contribution < -0.4 is 5.32 Å². The third kappa shape index (κ3) is 2.99. The van der Waals surface area contributed by atoms with Crippen LogP contribution in [-0.2, 0) is 0 Å². The van der Waals surface area contributed by atoms with E-state index in [2.05, 4.69) is 30.5 Å². The third-order valence-electron chi connectivity index (χ3n) is 3.95. The van der Waals surface area contributed by atoms with Gasteiger partial charge in [0.15, 0.2) is 0 Å². The molecule has 0 saturated heterocycles. The first kappa shape index (κ1) is 15.1. The van der Waals surface area contributed by atoms with E-state index in [9.17, 15) is 4.79 Å². The van der Waals surface area contributed by atoms with E-state index in [-0.39, 0.29) is 11.9 Å². The van der Waals surface area contributed by atoms with Crippen molar-refractivity contribution in [2.45, 2.75) is 13.0 Å². The standard InChI is InChI=1S/C18H16N6O/c1-11(17-21-13-6-2-3-7-14(13)22-17)20-18(25)16-9-15(23-24-16)12-5-4-8-19-10-12/h2-11H,1H3,(H,20,25)(H,21,22)(H,23,24). The molecule has 0 bridgehead atoms. The normalized spacial score (nSPS) is 12.2. The van der Waals surface area contributed by atoms with Gasteiger partial charge in [-0.3, -0.25) is 14.9 Å². The molecule has 3 aromatic heterocycles. The summed E-state index contributed by atoms with van der Waals surface area (Å²) in [7, 11) is 0. The maximum atomic E-state index is 12.4. The van der Waals surface area contributed by atoms with Crippen molar-refractivity contribution in [1.29, 1.82) is 0 Å². The van der Waals surface area contributed by atoms with Gasteiger partial charge < -0.3 is 10.3 Å². The summed E-state index contributed by atoms with van der Waals surface area (Å²) >= 11 is 0. The van der Waals surface area contributed by atoms with Crippen molar-refractivity contribution < 1.29 is 4.79 Å². The van der Waals surface area contributed by atoms with E-state index in [1.165, 1.54) is 0 Å². The molecule has 0 fully saturated rings. The maximum absolute atomic E-state index is 12.4. The SMILES string of the molecule is CC(NC(=O)c1cc(-c2cccnc2)n[nH]1)c1nc2ccccc2[nH]1. The van der Waals surface area contributed by atoms with Crippen molar-refractivity contribution in [3.05, 3.63) is 66.4 Å².